The molecule has 1 aromatic rings. The van der Waals surface area contributed by atoms with Crippen molar-refractivity contribution >= 4 is 11.6 Å². The van der Waals surface area contributed by atoms with E-state index in [4.69, 9.17) is 10.8 Å². The van der Waals surface area contributed by atoms with Crippen molar-refractivity contribution < 1.29 is 9.90 Å². The van der Waals surface area contributed by atoms with Crippen LogP contribution in [-0.4, -0.2) is 69.9 Å². The average Bonchev–Trinajstić information content (AvgIpc) is 2.64. The number of hydrogen-bond donors (Lipinski definition) is 2. The van der Waals surface area contributed by atoms with Crippen molar-refractivity contribution in [3.8, 4) is 0 Å². The topological polar surface area (TPSA) is 87.6 Å². The normalized spacial score (nSPS) is 17.0. The van der Waals surface area contributed by atoms with E-state index in [1.807, 2.05) is 11.8 Å². The molecular weight excluding hydrogens is 270 g/mol. The van der Waals surface area contributed by atoms with E-state index in [2.05, 4.69) is 10.00 Å². The third-order valence-electron chi connectivity index (χ3n) is 3.99. The van der Waals surface area contributed by atoms with Crippen molar-refractivity contribution in [1.29, 1.82) is 0 Å². The first-order valence-electron chi connectivity index (χ1n) is 7.52. The van der Waals surface area contributed by atoms with Gasteiger partial charge in [-0.2, -0.15) is 5.10 Å². The fraction of sp³-hybridized carbons (Fsp3) is 0.714. The molecule has 0 aliphatic carbocycles. The van der Waals surface area contributed by atoms with Crippen molar-refractivity contribution in [3.05, 3.63) is 11.4 Å². The van der Waals surface area contributed by atoms with E-state index in [0.29, 0.717) is 31.0 Å². The minimum absolute atomic E-state index is 0.0481. The summed E-state index contributed by atoms with van der Waals surface area (Å²) >= 11 is 0. The number of nitrogens with two attached hydrogens (primary N) is 1. The third kappa shape index (κ3) is 3.36. The maximum absolute atomic E-state index is 12.7. The first kappa shape index (κ1) is 15.8. The van der Waals surface area contributed by atoms with Gasteiger partial charge in [-0.3, -0.25) is 14.4 Å². The summed E-state index contributed by atoms with van der Waals surface area (Å²) in [6, 6.07) is 0. The van der Waals surface area contributed by atoms with E-state index < -0.39 is 0 Å². The summed E-state index contributed by atoms with van der Waals surface area (Å²) in [6.45, 7) is 5.86. The number of β-amino-alcohol motifs (C(OH)–C–C–N with tert-alkyl or cyclic N) is 1. The van der Waals surface area contributed by atoms with E-state index in [0.717, 1.165) is 31.6 Å². The predicted molar refractivity (Wildman–Crippen MR) is 81.0 cm³/mol. The lowest BCUT2D eigenvalue weighted by Crippen LogP contribution is -2.37. The molecule has 2 heterocycles. The van der Waals surface area contributed by atoms with Gasteiger partial charge in [0.1, 0.15) is 5.69 Å². The molecule has 1 aliphatic heterocycles. The molecule has 0 saturated carbocycles. The number of aryl methyl sites for hydroxylation is 2. The molecule has 3 N–H and O–H groups in total. The van der Waals surface area contributed by atoms with Crippen LogP contribution >= 0.6 is 0 Å². The van der Waals surface area contributed by atoms with E-state index in [1.165, 1.54) is 0 Å². The molecule has 0 aromatic carbocycles. The van der Waals surface area contributed by atoms with Gasteiger partial charge in [0.25, 0.3) is 5.91 Å². The summed E-state index contributed by atoms with van der Waals surface area (Å²) in [5.41, 5.74) is 7.83. The van der Waals surface area contributed by atoms with Crippen LogP contribution in [0, 0.1) is 0 Å². The third-order valence-corrected chi connectivity index (χ3v) is 3.99. The molecule has 0 atom stereocenters. The van der Waals surface area contributed by atoms with E-state index >= 15 is 0 Å². The fourth-order valence-corrected chi connectivity index (χ4v) is 2.80. The van der Waals surface area contributed by atoms with Crippen LogP contribution in [-0.2, 0) is 13.5 Å². The second kappa shape index (κ2) is 6.91. The minimum atomic E-state index is -0.0481. The van der Waals surface area contributed by atoms with Gasteiger partial charge in [-0.1, -0.05) is 6.92 Å². The van der Waals surface area contributed by atoms with Crippen molar-refractivity contribution in [3.63, 3.8) is 0 Å². The highest BCUT2D eigenvalue weighted by Gasteiger charge is 2.25. The second-order valence-electron chi connectivity index (χ2n) is 5.40. The zero-order chi connectivity index (χ0) is 15.4. The first-order valence-corrected chi connectivity index (χ1v) is 7.52. The molecule has 0 bridgehead atoms. The van der Waals surface area contributed by atoms with Gasteiger partial charge in [-0.05, 0) is 19.4 Å². The Bertz CT molecular complexity index is 500. The minimum Gasteiger partial charge on any atom is -0.395 e. The largest absolute Gasteiger partial charge is 0.395 e. The van der Waals surface area contributed by atoms with Crippen LogP contribution in [0.25, 0.3) is 0 Å². The van der Waals surface area contributed by atoms with Crippen molar-refractivity contribution in [2.75, 3.05) is 45.1 Å². The number of nitrogens with zero attached hydrogens (tertiary/aromatic N) is 4. The number of aromatic nitrogens is 2. The highest BCUT2D eigenvalue weighted by Crippen LogP contribution is 2.19. The predicted octanol–water partition coefficient (Wildman–Crippen LogP) is -0.295. The van der Waals surface area contributed by atoms with Crippen LogP contribution in [0.5, 0.6) is 0 Å². The maximum atomic E-state index is 12.7. The molecular formula is C14H25N5O2. The standard InChI is InChI=1S/C14H25N5O2/c1-3-11-12(15)13(17(2)16-11)14(21)19-6-4-5-18(7-8-19)9-10-20/h20H,3-10,15H2,1-2H3. The second-order valence-corrected chi connectivity index (χ2v) is 5.40. The number of amides is 1. The summed E-state index contributed by atoms with van der Waals surface area (Å²) < 4.78 is 1.59. The van der Waals surface area contributed by atoms with Gasteiger partial charge < -0.3 is 15.7 Å². The summed E-state index contributed by atoms with van der Waals surface area (Å²) in [5, 5.41) is 13.3. The summed E-state index contributed by atoms with van der Waals surface area (Å²) in [7, 11) is 1.76. The average molecular weight is 295 g/mol. The molecule has 7 nitrogen and oxygen atoms in total. The molecule has 1 aromatic heterocycles. The van der Waals surface area contributed by atoms with Gasteiger partial charge >= 0.3 is 0 Å². The Kier molecular flexibility index (Phi) is 5.19. The maximum Gasteiger partial charge on any atom is 0.274 e. The van der Waals surface area contributed by atoms with Gasteiger partial charge in [0.15, 0.2) is 0 Å². The molecule has 118 valence electrons. The molecule has 1 aliphatic rings. The number of aliphatic hydroxyl groups is 1. The molecule has 1 fully saturated rings. The monoisotopic (exact) mass is 295 g/mol. The molecule has 0 spiro atoms. The van der Waals surface area contributed by atoms with Crippen LogP contribution in [0.15, 0.2) is 0 Å². The highest BCUT2D eigenvalue weighted by atomic mass is 16.3. The van der Waals surface area contributed by atoms with E-state index in [-0.39, 0.29) is 12.5 Å². The Balaban J connectivity index is 2.11. The summed E-state index contributed by atoms with van der Waals surface area (Å²) in [4.78, 5) is 16.7. The van der Waals surface area contributed by atoms with Crippen LogP contribution in [0.1, 0.15) is 29.5 Å². The van der Waals surface area contributed by atoms with Crippen molar-refractivity contribution in [2.24, 2.45) is 7.05 Å². The quantitative estimate of drug-likeness (QED) is 0.796. The van der Waals surface area contributed by atoms with Crippen LogP contribution in [0.3, 0.4) is 0 Å². The number of carbonyl (C=O) groups excluding carboxylic acids is 1. The Hall–Kier alpha value is -1.60. The molecule has 1 saturated heterocycles. The number of anilines is 1. The molecule has 7 heteroatoms. The Morgan fingerprint density at radius 3 is 2.71 bits per heavy atom. The molecule has 21 heavy (non-hydrogen) atoms. The number of hydrogen-bond acceptors (Lipinski definition) is 5. The van der Waals surface area contributed by atoms with Gasteiger partial charge in [-0.25, -0.2) is 0 Å². The zero-order valence-electron chi connectivity index (χ0n) is 12.9. The number of rotatable bonds is 4. The lowest BCUT2D eigenvalue weighted by molar-refractivity contribution is 0.0750. The number of carbonyl (C=O) groups is 1. The number of nitrogen functional groups attached to an aromatic ring is 1. The zero-order valence-corrected chi connectivity index (χ0v) is 12.9. The van der Waals surface area contributed by atoms with Gasteiger partial charge in [0, 0.05) is 33.2 Å². The van der Waals surface area contributed by atoms with Crippen LogP contribution in [0.2, 0.25) is 0 Å². The van der Waals surface area contributed by atoms with Crippen LogP contribution < -0.4 is 5.73 Å². The lowest BCUT2D eigenvalue weighted by atomic mass is 10.2. The smallest absolute Gasteiger partial charge is 0.274 e. The summed E-state index contributed by atoms with van der Waals surface area (Å²) in [6.07, 6.45) is 1.63. The lowest BCUT2D eigenvalue weighted by Gasteiger charge is -2.21. The summed E-state index contributed by atoms with van der Waals surface area (Å²) in [5.74, 6) is -0.0481. The van der Waals surface area contributed by atoms with Gasteiger partial charge in [0.2, 0.25) is 0 Å². The van der Waals surface area contributed by atoms with Gasteiger partial charge in [-0.15, -0.1) is 0 Å². The van der Waals surface area contributed by atoms with Crippen molar-refractivity contribution in [2.45, 2.75) is 19.8 Å². The molecule has 1 amide bonds. The highest BCUT2D eigenvalue weighted by molar-refractivity contribution is 5.98. The van der Waals surface area contributed by atoms with E-state index in [9.17, 15) is 4.79 Å². The fourth-order valence-electron chi connectivity index (χ4n) is 2.80. The SMILES string of the molecule is CCc1nn(C)c(C(=O)N2CCCN(CCO)CC2)c1N. The Morgan fingerprint density at radius 1 is 1.33 bits per heavy atom. The molecule has 0 unspecified atom stereocenters. The van der Waals surface area contributed by atoms with Crippen LogP contribution in [0.4, 0.5) is 5.69 Å². The molecule has 2 rings (SSSR count). The number of aliphatic hydroxyl groups excluding tert-OH is 1. The Morgan fingerprint density at radius 2 is 2.10 bits per heavy atom. The molecule has 0 radical (unpaired) electrons. The first-order chi connectivity index (χ1) is 10.1. The Labute approximate surface area is 125 Å². The van der Waals surface area contributed by atoms with E-state index in [1.54, 1.807) is 11.7 Å². The van der Waals surface area contributed by atoms with Crippen molar-refractivity contribution in [1.82, 2.24) is 19.6 Å². The van der Waals surface area contributed by atoms with Gasteiger partial charge in [0.05, 0.1) is 18.0 Å².